The molecule has 14 N–H and O–H groups in total. The quantitative estimate of drug-likeness (QED) is 0.0659. The number of amides is 4. The van der Waals surface area contributed by atoms with Crippen LogP contribution in [-0.2, 0) is 28.8 Å². The number of carbonyl (C=O) groups excluding carboxylic acids is 6. The van der Waals surface area contributed by atoms with E-state index < -0.39 is 83.7 Å². The van der Waals surface area contributed by atoms with Crippen LogP contribution in [0.4, 0.5) is 0 Å². The molecule has 0 aromatic carbocycles. The van der Waals surface area contributed by atoms with Crippen molar-refractivity contribution >= 4 is 35.2 Å². The zero-order valence-electron chi connectivity index (χ0n) is 46.7. The Labute approximate surface area is 428 Å². The SMILES string of the molecule is C.CC(=O)[C@@](C)(O)C(C)C.CC(=O)[C@](C)(O)C(C)C.CC[C@@H](O)CNC(=O)[C@@H](O)C(C)C.CC[C@@H](O)CNC(=O)[C@H](O)C(C)C.CC[C@H](O)CNC(=O)[C@@H](O)C(C)C.CC[C@H](O)CNC(=O)[C@H](O)C(C)C. The van der Waals surface area contributed by atoms with Gasteiger partial charge in [-0.1, -0.05) is 118 Å². The molecule has 0 aromatic heterocycles. The maximum atomic E-state index is 11.1. The number of nitrogens with one attached hydrogen (secondary N) is 4. The van der Waals surface area contributed by atoms with Gasteiger partial charge in [-0.25, -0.2) is 0 Å². The Kier molecular flexibility index (Phi) is 51.1. The summed E-state index contributed by atoms with van der Waals surface area (Å²) in [6.07, 6.45) is -3.65. The summed E-state index contributed by atoms with van der Waals surface area (Å²) in [7, 11) is 0. The van der Waals surface area contributed by atoms with Crippen LogP contribution in [0.5, 0.6) is 0 Å². The van der Waals surface area contributed by atoms with Gasteiger partial charge in [-0.3, -0.25) is 28.8 Å². The number of hydrogen-bond donors (Lipinski definition) is 14. The molecule has 0 unspecified atom stereocenters. The molecule has 4 amide bonds. The molecular weight excluding hydrogens is 925 g/mol. The van der Waals surface area contributed by atoms with E-state index in [4.69, 9.17) is 20.4 Å². The largest absolute Gasteiger partial charge is 0.391 e. The van der Waals surface area contributed by atoms with E-state index in [1.807, 2.05) is 55.4 Å². The molecule has 0 aromatic rings. The first-order valence-electron chi connectivity index (χ1n) is 24.7. The number of carbonyl (C=O) groups is 6. The van der Waals surface area contributed by atoms with Crippen LogP contribution in [0.15, 0.2) is 0 Å². The summed E-state index contributed by atoms with van der Waals surface area (Å²) in [5.41, 5.74) is -2.28. The maximum Gasteiger partial charge on any atom is 0.249 e. The van der Waals surface area contributed by atoms with Gasteiger partial charge in [0.2, 0.25) is 23.6 Å². The average molecular weight is 1030 g/mol. The Bertz CT molecular complexity index is 1220. The minimum Gasteiger partial charge on any atom is -0.391 e. The average Bonchev–Trinajstić information content (AvgIpc) is 3.29. The first-order valence-corrected chi connectivity index (χ1v) is 24.7. The van der Waals surface area contributed by atoms with Crippen molar-refractivity contribution in [2.24, 2.45) is 35.5 Å². The van der Waals surface area contributed by atoms with Gasteiger partial charge in [0.05, 0.1) is 24.4 Å². The predicted molar refractivity (Wildman–Crippen MR) is 280 cm³/mol. The summed E-state index contributed by atoms with van der Waals surface area (Å²) in [5.74, 6) is -2.40. The van der Waals surface area contributed by atoms with Crippen molar-refractivity contribution in [1.82, 2.24) is 21.3 Å². The van der Waals surface area contributed by atoms with Gasteiger partial charge >= 0.3 is 0 Å². The van der Waals surface area contributed by atoms with Crippen molar-refractivity contribution in [2.75, 3.05) is 26.2 Å². The summed E-state index contributed by atoms with van der Waals surface area (Å²) in [6, 6.07) is 0. The number of ketones is 2. The van der Waals surface area contributed by atoms with E-state index in [0.29, 0.717) is 25.7 Å². The van der Waals surface area contributed by atoms with Crippen molar-refractivity contribution in [3.05, 3.63) is 0 Å². The fourth-order valence-corrected chi connectivity index (χ4v) is 3.89. The lowest BCUT2D eigenvalue weighted by Crippen LogP contribution is -2.41. The Morgan fingerprint density at radius 2 is 0.507 bits per heavy atom. The number of rotatable bonds is 24. The molecule has 0 saturated heterocycles. The lowest BCUT2D eigenvalue weighted by molar-refractivity contribution is -0.137. The van der Waals surface area contributed by atoms with E-state index in [1.165, 1.54) is 13.8 Å². The number of Topliss-reactive ketones (excluding diaryl/α,β-unsaturated/α-hetero) is 2. The highest BCUT2D eigenvalue weighted by Gasteiger charge is 2.30. The van der Waals surface area contributed by atoms with Crippen LogP contribution in [0.3, 0.4) is 0 Å². The lowest BCUT2D eigenvalue weighted by Gasteiger charge is -2.23. The van der Waals surface area contributed by atoms with Crippen LogP contribution in [0, 0.1) is 35.5 Å². The third-order valence-corrected chi connectivity index (χ3v) is 11.2. The highest BCUT2D eigenvalue weighted by Crippen LogP contribution is 2.17. The van der Waals surface area contributed by atoms with Crippen LogP contribution in [0.25, 0.3) is 0 Å². The molecule has 20 heteroatoms. The van der Waals surface area contributed by atoms with E-state index in [0.717, 1.165) is 0 Å². The molecule has 0 bridgehead atoms. The van der Waals surface area contributed by atoms with E-state index in [1.54, 1.807) is 69.2 Å². The fourth-order valence-electron chi connectivity index (χ4n) is 3.89. The van der Waals surface area contributed by atoms with Crippen LogP contribution in [0.2, 0.25) is 0 Å². The Morgan fingerprint density at radius 1 is 0.366 bits per heavy atom. The highest BCUT2D eigenvalue weighted by atomic mass is 16.3. The van der Waals surface area contributed by atoms with Gasteiger partial charge in [0.15, 0.2) is 11.6 Å². The van der Waals surface area contributed by atoms with Crippen molar-refractivity contribution in [3.63, 3.8) is 0 Å². The molecule has 0 spiro atoms. The van der Waals surface area contributed by atoms with Crippen LogP contribution in [0.1, 0.15) is 172 Å². The molecular formula is C51H108N4O16. The molecule has 0 radical (unpaired) electrons. The Hall–Kier alpha value is -3.18. The number of aliphatic hydroxyl groups excluding tert-OH is 8. The lowest BCUT2D eigenvalue weighted by atomic mass is 9.89. The van der Waals surface area contributed by atoms with E-state index in [9.17, 15) is 59.4 Å². The van der Waals surface area contributed by atoms with Gasteiger partial charge in [-0.05, 0) is 88.9 Å². The fraction of sp³-hybridized carbons (Fsp3) is 0.882. The summed E-state index contributed by atoms with van der Waals surface area (Å²) >= 11 is 0. The third kappa shape index (κ3) is 43.0. The highest BCUT2D eigenvalue weighted by molar-refractivity contribution is 5.85. The van der Waals surface area contributed by atoms with Gasteiger partial charge < -0.3 is 72.3 Å². The van der Waals surface area contributed by atoms with Crippen LogP contribution in [-0.4, -0.2) is 172 Å². The Balaban J connectivity index is -0.000000139. The molecule has 0 aliphatic rings. The molecule has 10 atom stereocenters. The van der Waals surface area contributed by atoms with Gasteiger partial charge in [-0.15, -0.1) is 0 Å². The van der Waals surface area contributed by atoms with Crippen LogP contribution >= 0.6 is 0 Å². The standard InChI is InChI=1S/4C9H19NO3.2C7H14O2.CH4/c4*1-4-7(11)5-10-9(13)8(12)6(2)3;2*1-5(2)7(4,9)6(3)8;/h4*6-8,11-12H,4-5H2,1-3H3,(H,10,13);2*5,9H,1-4H3;1H4/t2*7-,8+;2*7-,8-;2*7-;/m101010./s1. The van der Waals surface area contributed by atoms with Crippen LogP contribution < -0.4 is 21.3 Å². The van der Waals surface area contributed by atoms with E-state index in [2.05, 4.69) is 21.3 Å². The smallest absolute Gasteiger partial charge is 0.249 e. The summed E-state index contributed by atoms with van der Waals surface area (Å²) in [4.78, 5) is 65.8. The van der Waals surface area contributed by atoms with E-state index in [-0.39, 0.29) is 80.7 Å². The second-order valence-corrected chi connectivity index (χ2v) is 19.7. The molecule has 0 rings (SSSR count). The minimum atomic E-state index is -1.14. The zero-order valence-corrected chi connectivity index (χ0v) is 46.7. The molecule has 0 aliphatic heterocycles. The van der Waals surface area contributed by atoms with E-state index >= 15 is 0 Å². The first kappa shape index (κ1) is 81.9. The number of aliphatic hydroxyl groups is 10. The minimum absolute atomic E-state index is 0. The van der Waals surface area contributed by atoms with Crippen molar-refractivity contribution in [3.8, 4) is 0 Å². The molecule has 0 aliphatic carbocycles. The monoisotopic (exact) mass is 1030 g/mol. The summed E-state index contributed by atoms with van der Waals surface area (Å²) in [5, 5.41) is 102. The first-order chi connectivity index (χ1) is 31.7. The van der Waals surface area contributed by atoms with Gasteiger partial charge in [0.25, 0.3) is 0 Å². The van der Waals surface area contributed by atoms with Crippen molar-refractivity contribution in [2.45, 2.75) is 232 Å². The molecule has 20 nitrogen and oxygen atoms in total. The normalized spacial score (nSPS) is 15.8. The molecule has 0 heterocycles. The maximum absolute atomic E-state index is 11.1. The topological polar surface area (TPSA) is 353 Å². The summed E-state index contributed by atoms with van der Waals surface area (Å²) < 4.78 is 0. The Morgan fingerprint density at radius 3 is 0.577 bits per heavy atom. The van der Waals surface area contributed by atoms with Gasteiger partial charge in [0, 0.05) is 26.2 Å². The van der Waals surface area contributed by atoms with Gasteiger partial charge in [-0.2, -0.15) is 0 Å². The van der Waals surface area contributed by atoms with Gasteiger partial charge in [0.1, 0.15) is 35.6 Å². The third-order valence-electron chi connectivity index (χ3n) is 11.2. The molecule has 428 valence electrons. The number of hydrogen-bond acceptors (Lipinski definition) is 16. The molecule has 0 fully saturated rings. The van der Waals surface area contributed by atoms with Crippen molar-refractivity contribution in [1.29, 1.82) is 0 Å². The van der Waals surface area contributed by atoms with Crippen molar-refractivity contribution < 1.29 is 79.8 Å². The summed E-state index contributed by atoms with van der Waals surface area (Å²) in [6.45, 7) is 35.4. The molecule has 71 heavy (non-hydrogen) atoms. The predicted octanol–water partition coefficient (Wildman–Crippen LogP) is 2.16. The zero-order chi connectivity index (χ0) is 57.0. The molecule has 0 saturated carbocycles. The second-order valence-electron chi connectivity index (χ2n) is 19.7. The second kappa shape index (κ2) is 44.3.